The van der Waals surface area contributed by atoms with Crippen LogP contribution in [0.2, 0.25) is 0 Å². The fraction of sp³-hybridized carbons (Fsp3) is 0. The molecule has 3 heteroatoms. The van der Waals surface area contributed by atoms with Crippen molar-refractivity contribution in [2.24, 2.45) is 0 Å². The molecule has 0 unspecified atom stereocenters. The molecule has 0 radical (unpaired) electrons. The Morgan fingerprint density at radius 3 is 2.43 bits per heavy atom. The summed E-state index contributed by atoms with van der Waals surface area (Å²) in [6.45, 7) is 0. The van der Waals surface area contributed by atoms with Crippen molar-refractivity contribution in [2.45, 2.75) is 0 Å². The molecule has 1 rings (SSSR count). The van der Waals surface area contributed by atoms with Gasteiger partial charge in [0.15, 0.2) is 11.5 Å². The van der Waals surface area contributed by atoms with Gasteiger partial charge in [0.25, 0.3) is 0 Å². The summed E-state index contributed by atoms with van der Waals surface area (Å²) in [5.74, 6) is -0.308. The fourth-order valence-electron chi connectivity index (χ4n) is 0.920. The van der Waals surface area contributed by atoms with Gasteiger partial charge in [0, 0.05) is 0 Å². The predicted molar refractivity (Wildman–Crippen MR) is 54.0 cm³/mol. The fourth-order valence-corrected chi connectivity index (χ4v) is 0.920. The SMILES string of the molecule is O=CC=CC=Cc1ccc(O)c(O)c1. The molecular formula is C11H10O3. The molecule has 0 aliphatic carbocycles. The lowest BCUT2D eigenvalue weighted by molar-refractivity contribution is -0.104. The van der Waals surface area contributed by atoms with Crippen LogP contribution in [0.4, 0.5) is 0 Å². The topological polar surface area (TPSA) is 57.5 Å². The average Bonchev–Trinajstić information content (AvgIpc) is 2.18. The van der Waals surface area contributed by atoms with E-state index in [1.807, 2.05) is 0 Å². The highest BCUT2D eigenvalue weighted by Crippen LogP contribution is 2.25. The number of rotatable bonds is 3. The van der Waals surface area contributed by atoms with Crippen molar-refractivity contribution in [3.8, 4) is 11.5 Å². The number of aldehydes is 1. The highest BCUT2D eigenvalue weighted by atomic mass is 16.3. The van der Waals surface area contributed by atoms with Crippen LogP contribution in [0.5, 0.6) is 11.5 Å². The second-order valence-corrected chi connectivity index (χ2v) is 2.63. The highest BCUT2D eigenvalue weighted by molar-refractivity contribution is 5.66. The van der Waals surface area contributed by atoms with Crippen molar-refractivity contribution in [3.63, 3.8) is 0 Å². The molecule has 3 nitrogen and oxygen atoms in total. The molecule has 1 aromatic carbocycles. The number of phenolic OH excluding ortho intramolecular Hbond substituents is 2. The van der Waals surface area contributed by atoms with Gasteiger partial charge >= 0.3 is 0 Å². The van der Waals surface area contributed by atoms with Gasteiger partial charge in [0.2, 0.25) is 0 Å². The third kappa shape index (κ3) is 2.79. The predicted octanol–water partition coefficient (Wildman–Crippen LogP) is 1.87. The minimum atomic E-state index is -0.161. The van der Waals surface area contributed by atoms with Gasteiger partial charge in [-0.3, -0.25) is 4.79 Å². The molecule has 0 aliphatic rings. The first-order valence-electron chi connectivity index (χ1n) is 4.04. The Bertz CT molecular complexity index is 378. The van der Waals surface area contributed by atoms with Crippen molar-refractivity contribution < 1.29 is 15.0 Å². The molecule has 0 saturated carbocycles. The van der Waals surface area contributed by atoms with E-state index >= 15 is 0 Å². The summed E-state index contributed by atoms with van der Waals surface area (Å²) in [5.41, 5.74) is 0.746. The van der Waals surface area contributed by atoms with Gasteiger partial charge in [-0.2, -0.15) is 0 Å². The van der Waals surface area contributed by atoms with Crippen LogP contribution in [0, 0.1) is 0 Å². The number of benzene rings is 1. The molecule has 0 spiro atoms. The van der Waals surface area contributed by atoms with E-state index in [0.29, 0.717) is 6.29 Å². The van der Waals surface area contributed by atoms with Crippen LogP contribution < -0.4 is 0 Å². The van der Waals surface area contributed by atoms with Crippen LogP contribution in [0.15, 0.2) is 36.4 Å². The molecule has 0 heterocycles. The third-order valence-corrected chi connectivity index (χ3v) is 1.59. The van der Waals surface area contributed by atoms with E-state index in [0.717, 1.165) is 5.56 Å². The Morgan fingerprint density at radius 2 is 1.79 bits per heavy atom. The van der Waals surface area contributed by atoms with Gasteiger partial charge in [-0.15, -0.1) is 0 Å². The van der Waals surface area contributed by atoms with Gasteiger partial charge in [-0.1, -0.05) is 24.3 Å². The van der Waals surface area contributed by atoms with Gasteiger partial charge in [0.1, 0.15) is 6.29 Å². The summed E-state index contributed by atoms with van der Waals surface area (Å²) in [6, 6.07) is 4.49. The number of phenols is 2. The molecule has 0 bridgehead atoms. The molecule has 0 aliphatic heterocycles. The van der Waals surface area contributed by atoms with E-state index in [9.17, 15) is 4.79 Å². The number of carbonyl (C=O) groups is 1. The van der Waals surface area contributed by atoms with E-state index in [2.05, 4.69) is 0 Å². The summed E-state index contributed by atoms with van der Waals surface area (Å²) in [6.07, 6.45) is 6.99. The molecule has 0 aromatic heterocycles. The van der Waals surface area contributed by atoms with Gasteiger partial charge in [-0.25, -0.2) is 0 Å². The normalized spacial score (nSPS) is 11.1. The number of hydrogen-bond acceptors (Lipinski definition) is 3. The van der Waals surface area contributed by atoms with Crippen molar-refractivity contribution >= 4 is 12.4 Å². The lowest BCUT2D eigenvalue weighted by Gasteiger charge is -1.97. The van der Waals surface area contributed by atoms with Crippen molar-refractivity contribution in [3.05, 3.63) is 42.0 Å². The molecule has 0 amide bonds. The van der Waals surface area contributed by atoms with Crippen molar-refractivity contribution in [2.75, 3.05) is 0 Å². The molecule has 14 heavy (non-hydrogen) atoms. The zero-order valence-electron chi connectivity index (χ0n) is 7.42. The monoisotopic (exact) mass is 190 g/mol. The Balaban J connectivity index is 2.77. The van der Waals surface area contributed by atoms with E-state index in [1.54, 1.807) is 24.3 Å². The van der Waals surface area contributed by atoms with E-state index < -0.39 is 0 Å². The van der Waals surface area contributed by atoms with Crippen LogP contribution in [0.1, 0.15) is 5.56 Å². The van der Waals surface area contributed by atoms with Gasteiger partial charge < -0.3 is 10.2 Å². The molecule has 2 N–H and O–H groups in total. The lowest BCUT2D eigenvalue weighted by atomic mass is 10.2. The number of aromatic hydroxyl groups is 2. The quantitative estimate of drug-likeness (QED) is 0.331. The maximum atomic E-state index is 9.92. The van der Waals surface area contributed by atoms with Crippen LogP contribution in [0.3, 0.4) is 0 Å². The first-order chi connectivity index (χ1) is 6.74. The Hall–Kier alpha value is -2.03. The van der Waals surface area contributed by atoms with Gasteiger partial charge in [0.05, 0.1) is 0 Å². The second-order valence-electron chi connectivity index (χ2n) is 2.63. The summed E-state index contributed by atoms with van der Waals surface area (Å²) in [7, 11) is 0. The van der Waals surface area contributed by atoms with E-state index in [1.165, 1.54) is 18.2 Å². The lowest BCUT2D eigenvalue weighted by Crippen LogP contribution is -1.72. The minimum absolute atomic E-state index is 0.148. The third-order valence-electron chi connectivity index (χ3n) is 1.59. The van der Waals surface area contributed by atoms with Crippen LogP contribution in [-0.2, 0) is 4.79 Å². The molecule has 0 fully saturated rings. The van der Waals surface area contributed by atoms with Crippen LogP contribution in [-0.4, -0.2) is 16.5 Å². The number of carbonyl (C=O) groups excluding carboxylic acids is 1. The summed E-state index contributed by atoms with van der Waals surface area (Å²) >= 11 is 0. The Morgan fingerprint density at radius 1 is 1.00 bits per heavy atom. The molecule has 0 saturated heterocycles. The average molecular weight is 190 g/mol. The summed E-state index contributed by atoms with van der Waals surface area (Å²) in [5, 5.41) is 18.2. The smallest absolute Gasteiger partial charge is 0.157 e. The zero-order valence-corrected chi connectivity index (χ0v) is 7.42. The standard InChI is InChI=1S/C11H10O3/c12-7-3-1-2-4-9-5-6-10(13)11(14)8-9/h1-8,13-14H. The Kier molecular flexibility index (Phi) is 3.49. The molecule has 0 atom stereocenters. The zero-order chi connectivity index (χ0) is 10.4. The first kappa shape index (κ1) is 10.1. The summed E-state index contributed by atoms with van der Waals surface area (Å²) < 4.78 is 0. The Labute approximate surface area is 81.6 Å². The summed E-state index contributed by atoms with van der Waals surface area (Å²) in [4.78, 5) is 9.92. The van der Waals surface area contributed by atoms with Crippen LogP contribution in [0.25, 0.3) is 6.08 Å². The minimum Gasteiger partial charge on any atom is -0.504 e. The molecule has 1 aromatic rings. The number of hydrogen-bond donors (Lipinski definition) is 2. The highest BCUT2D eigenvalue weighted by Gasteiger charge is 1.96. The first-order valence-corrected chi connectivity index (χ1v) is 4.04. The van der Waals surface area contributed by atoms with E-state index in [4.69, 9.17) is 10.2 Å². The van der Waals surface area contributed by atoms with Gasteiger partial charge in [-0.05, 0) is 23.8 Å². The number of allylic oxidation sites excluding steroid dienone is 3. The van der Waals surface area contributed by atoms with Crippen molar-refractivity contribution in [1.29, 1.82) is 0 Å². The van der Waals surface area contributed by atoms with E-state index in [-0.39, 0.29) is 11.5 Å². The largest absolute Gasteiger partial charge is 0.504 e. The molecule has 72 valence electrons. The van der Waals surface area contributed by atoms with Crippen molar-refractivity contribution in [1.82, 2.24) is 0 Å². The molecular weight excluding hydrogens is 180 g/mol. The van der Waals surface area contributed by atoms with Crippen LogP contribution >= 0.6 is 0 Å². The maximum absolute atomic E-state index is 9.92. The maximum Gasteiger partial charge on any atom is 0.157 e. The second kappa shape index (κ2) is 4.87.